The van der Waals surface area contributed by atoms with E-state index in [2.05, 4.69) is 10.3 Å². The molecule has 0 bridgehead atoms. The lowest BCUT2D eigenvalue weighted by atomic mass is 10.3. The molecule has 1 fully saturated rings. The summed E-state index contributed by atoms with van der Waals surface area (Å²) in [7, 11) is 1.63. The van der Waals surface area contributed by atoms with Crippen LogP contribution >= 0.6 is 11.3 Å². The Morgan fingerprint density at radius 1 is 1.30 bits per heavy atom. The average molecular weight is 332 g/mol. The van der Waals surface area contributed by atoms with Crippen LogP contribution in [0.2, 0.25) is 0 Å². The van der Waals surface area contributed by atoms with E-state index in [0.717, 1.165) is 27.1 Å². The van der Waals surface area contributed by atoms with Crippen molar-refractivity contribution in [3.05, 3.63) is 39.8 Å². The quantitative estimate of drug-likeness (QED) is 0.791. The molecule has 6 heteroatoms. The monoisotopic (exact) mass is 332 g/mol. The first-order valence-electron chi connectivity index (χ1n) is 7.69. The smallest absolute Gasteiger partial charge is 0.263 e. The third-order valence-corrected chi connectivity index (χ3v) is 4.98. The number of hydrogen-bond donors (Lipinski definition) is 1. The molecule has 23 heavy (non-hydrogen) atoms. The molecule has 0 spiro atoms. The Morgan fingerprint density at radius 3 is 2.65 bits per heavy atom. The summed E-state index contributed by atoms with van der Waals surface area (Å²) in [6.45, 7) is 2.78. The second-order valence-electron chi connectivity index (χ2n) is 5.52. The summed E-state index contributed by atoms with van der Waals surface area (Å²) in [5, 5.41) is 3.99. The van der Waals surface area contributed by atoms with Crippen LogP contribution in [-0.2, 0) is 0 Å². The van der Waals surface area contributed by atoms with Crippen LogP contribution in [0, 0.1) is 6.92 Å². The Kier molecular flexibility index (Phi) is 4.81. The van der Waals surface area contributed by atoms with Gasteiger partial charge < -0.3 is 14.8 Å². The van der Waals surface area contributed by atoms with Crippen LogP contribution in [0.25, 0.3) is 0 Å². The lowest BCUT2D eigenvalue weighted by Gasteiger charge is -2.08. The van der Waals surface area contributed by atoms with E-state index < -0.39 is 0 Å². The maximum absolute atomic E-state index is 12.2. The number of carbonyl (C=O) groups is 1. The summed E-state index contributed by atoms with van der Waals surface area (Å²) < 4.78 is 10.7. The Balaban J connectivity index is 1.45. The number of thiazole rings is 1. The number of hydrogen-bond acceptors (Lipinski definition) is 5. The minimum absolute atomic E-state index is 0.0646. The first kappa shape index (κ1) is 15.8. The second kappa shape index (κ2) is 7.00. The van der Waals surface area contributed by atoms with E-state index in [1.807, 2.05) is 31.2 Å². The van der Waals surface area contributed by atoms with Crippen LogP contribution in [0.15, 0.2) is 24.3 Å². The zero-order valence-electron chi connectivity index (χ0n) is 13.3. The first-order valence-corrected chi connectivity index (χ1v) is 8.51. The Morgan fingerprint density at radius 2 is 2.00 bits per heavy atom. The molecule has 1 saturated carbocycles. The molecule has 1 heterocycles. The fraction of sp³-hybridized carbons (Fsp3) is 0.412. The molecule has 0 unspecified atom stereocenters. The molecule has 1 aromatic carbocycles. The molecule has 122 valence electrons. The van der Waals surface area contributed by atoms with E-state index in [9.17, 15) is 4.79 Å². The lowest BCUT2D eigenvalue weighted by Crippen LogP contribution is -2.27. The van der Waals surface area contributed by atoms with E-state index >= 15 is 0 Å². The van der Waals surface area contributed by atoms with Crippen molar-refractivity contribution in [2.75, 3.05) is 20.3 Å². The van der Waals surface area contributed by atoms with Crippen molar-refractivity contribution in [2.45, 2.75) is 25.7 Å². The van der Waals surface area contributed by atoms with Gasteiger partial charge in [-0.2, -0.15) is 0 Å². The summed E-state index contributed by atoms with van der Waals surface area (Å²) >= 11 is 1.52. The summed E-state index contributed by atoms with van der Waals surface area (Å²) in [6.07, 6.45) is 2.40. The van der Waals surface area contributed by atoms with E-state index in [4.69, 9.17) is 9.47 Å². The molecular formula is C17H20N2O3S. The highest BCUT2D eigenvalue weighted by molar-refractivity contribution is 7.13. The largest absolute Gasteiger partial charge is 0.497 e. The van der Waals surface area contributed by atoms with Gasteiger partial charge in [0.2, 0.25) is 0 Å². The lowest BCUT2D eigenvalue weighted by molar-refractivity contribution is 0.0950. The van der Waals surface area contributed by atoms with Crippen LogP contribution in [-0.4, -0.2) is 31.2 Å². The van der Waals surface area contributed by atoms with Gasteiger partial charge in [0.25, 0.3) is 5.91 Å². The molecule has 1 aromatic heterocycles. The summed E-state index contributed by atoms with van der Waals surface area (Å²) in [5.74, 6) is 2.06. The van der Waals surface area contributed by atoms with Gasteiger partial charge >= 0.3 is 0 Å². The van der Waals surface area contributed by atoms with Gasteiger partial charge in [0.15, 0.2) is 0 Å². The van der Waals surface area contributed by atoms with Crippen molar-refractivity contribution in [3.8, 4) is 11.5 Å². The zero-order valence-corrected chi connectivity index (χ0v) is 14.1. The Labute approximate surface area is 139 Å². The number of ether oxygens (including phenoxy) is 2. The number of aromatic nitrogens is 1. The highest BCUT2D eigenvalue weighted by atomic mass is 32.1. The van der Waals surface area contributed by atoms with Crippen molar-refractivity contribution < 1.29 is 14.3 Å². The van der Waals surface area contributed by atoms with Crippen molar-refractivity contribution in [3.63, 3.8) is 0 Å². The van der Waals surface area contributed by atoms with Crippen molar-refractivity contribution >= 4 is 17.2 Å². The maximum Gasteiger partial charge on any atom is 0.263 e. The fourth-order valence-corrected chi connectivity index (χ4v) is 3.37. The van der Waals surface area contributed by atoms with Crippen LogP contribution in [0.3, 0.4) is 0 Å². The predicted octanol–water partition coefficient (Wildman–Crippen LogP) is 3.15. The second-order valence-corrected chi connectivity index (χ2v) is 6.55. The van der Waals surface area contributed by atoms with Gasteiger partial charge in [0.05, 0.1) is 24.4 Å². The highest BCUT2D eigenvalue weighted by Crippen LogP contribution is 2.42. The Bertz CT molecular complexity index is 678. The SMILES string of the molecule is COc1ccc(OCCNC(=O)c2sc(C3CC3)nc2C)cc1. The number of rotatable bonds is 7. The van der Waals surface area contributed by atoms with Crippen LogP contribution in [0.1, 0.15) is 39.1 Å². The highest BCUT2D eigenvalue weighted by Gasteiger charge is 2.28. The van der Waals surface area contributed by atoms with Crippen molar-refractivity contribution in [1.82, 2.24) is 10.3 Å². The summed E-state index contributed by atoms with van der Waals surface area (Å²) in [5.41, 5.74) is 0.825. The molecule has 0 radical (unpaired) electrons. The first-order chi connectivity index (χ1) is 11.2. The minimum Gasteiger partial charge on any atom is -0.497 e. The third-order valence-electron chi connectivity index (χ3n) is 3.66. The average Bonchev–Trinajstić information content (AvgIpc) is 3.34. The molecule has 2 aromatic rings. The molecular weight excluding hydrogens is 312 g/mol. The van der Waals surface area contributed by atoms with Gasteiger partial charge in [0.1, 0.15) is 23.0 Å². The molecule has 1 aliphatic carbocycles. The van der Waals surface area contributed by atoms with Crippen molar-refractivity contribution in [2.24, 2.45) is 0 Å². The standard InChI is InChI=1S/C17H20N2O3S/c1-11-15(23-17(19-11)12-3-4-12)16(20)18-9-10-22-14-7-5-13(21-2)6-8-14/h5-8,12H,3-4,9-10H2,1-2H3,(H,18,20). The van der Waals surface area contributed by atoms with Crippen LogP contribution in [0.4, 0.5) is 0 Å². The number of benzene rings is 1. The molecule has 1 aliphatic rings. The van der Waals surface area contributed by atoms with E-state index in [0.29, 0.717) is 19.1 Å². The normalized spacial score (nSPS) is 13.7. The van der Waals surface area contributed by atoms with E-state index in [1.54, 1.807) is 7.11 Å². The van der Waals surface area contributed by atoms with Gasteiger partial charge in [-0.15, -0.1) is 11.3 Å². The number of methoxy groups -OCH3 is 1. The van der Waals surface area contributed by atoms with Gasteiger partial charge in [-0.3, -0.25) is 4.79 Å². The number of nitrogens with zero attached hydrogens (tertiary/aromatic N) is 1. The zero-order chi connectivity index (χ0) is 16.2. The topological polar surface area (TPSA) is 60.5 Å². The molecule has 3 rings (SSSR count). The molecule has 0 saturated heterocycles. The summed E-state index contributed by atoms with van der Waals surface area (Å²) in [6, 6.07) is 7.37. The van der Waals surface area contributed by atoms with E-state index in [-0.39, 0.29) is 5.91 Å². The Hall–Kier alpha value is -2.08. The molecule has 0 atom stereocenters. The molecule has 5 nitrogen and oxygen atoms in total. The molecule has 0 aliphatic heterocycles. The number of nitrogens with one attached hydrogen (secondary N) is 1. The predicted molar refractivity (Wildman–Crippen MR) is 89.6 cm³/mol. The van der Waals surface area contributed by atoms with Gasteiger partial charge in [-0.25, -0.2) is 4.98 Å². The van der Waals surface area contributed by atoms with E-state index in [1.165, 1.54) is 24.2 Å². The third kappa shape index (κ3) is 4.01. The van der Waals surface area contributed by atoms with Crippen molar-refractivity contribution in [1.29, 1.82) is 0 Å². The number of carbonyl (C=O) groups excluding carboxylic acids is 1. The number of aryl methyl sites for hydroxylation is 1. The molecule has 1 amide bonds. The summed E-state index contributed by atoms with van der Waals surface area (Å²) in [4.78, 5) is 17.4. The fourth-order valence-electron chi connectivity index (χ4n) is 2.22. The van der Waals surface area contributed by atoms with Crippen LogP contribution in [0.5, 0.6) is 11.5 Å². The van der Waals surface area contributed by atoms with Gasteiger partial charge in [0, 0.05) is 5.92 Å². The minimum atomic E-state index is -0.0646. The van der Waals surface area contributed by atoms with Gasteiger partial charge in [-0.1, -0.05) is 0 Å². The maximum atomic E-state index is 12.2. The number of amides is 1. The van der Waals surface area contributed by atoms with Gasteiger partial charge in [-0.05, 0) is 44.0 Å². The van der Waals surface area contributed by atoms with Crippen LogP contribution < -0.4 is 14.8 Å². The molecule has 1 N–H and O–H groups in total.